The Morgan fingerprint density at radius 3 is 2.42 bits per heavy atom. The number of ketones is 1. The van der Waals surface area contributed by atoms with Crippen LogP contribution >= 0.6 is 11.6 Å². The first-order chi connectivity index (χ1) is 9.22. The van der Waals surface area contributed by atoms with E-state index in [-0.39, 0.29) is 5.78 Å². The summed E-state index contributed by atoms with van der Waals surface area (Å²) >= 11 is 5.91. The van der Waals surface area contributed by atoms with E-state index in [0.717, 1.165) is 18.6 Å². The van der Waals surface area contributed by atoms with Crippen molar-refractivity contribution in [3.05, 3.63) is 64.7 Å². The molecule has 1 aliphatic rings. The fourth-order valence-corrected chi connectivity index (χ4v) is 2.08. The van der Waals surface area contributed by atoms with Gasteiger partial charge in [0, 0.05) is 16.1 Å². The van der Waals surface area contributed by atoms with E-state index < -0.39 is 0 Å². The van der Waals surface area contributed by atoms with Gasteiger partial charge in [-0.25, -0.2) is 0 Å². The number of ether oxygens (including phenoxy) is 1. The van der Waals surface area contributed by atoms with Crippen LogP contribution in [0.3, 0.4) is 0 Å². The molecule has 0 heterocycles. The quantitative estimate of drug-likeness (QED) is 0.783. The highest BCUT2D eigenvalue weighted by molar-refractivity contribution is 6.31. The standard InChI is InChI=1S/C16H13ClO2/c17-13-5-1-3-11(9-13)16(18)12-4-2-6-15(10-12)19-14-7-8-14/h1-6,9-10,14H,7-8H2. The molecule has 1 fully saturated rings. The highest BCUT2D eigenvalue weighted by Gasteiger charge is 2.23. The molecule has 0 unspecified atom stereocenters. The van der Waals surface area contributed by atoms with Crippen LogP contribution in [0.1, 0.15) is 28.8 Å². The van der Waals surface area contributed by atoms with Gasteiger partial charge in [0.1, 0.15) is 5.75 Å². The lowest BCUT2D eigenvalue weighted by Crippen LogP contribution is -2.02. The van der Waals surface area contributed by atoms with Crippen LogP contribution in [0.4, 0.5) is 0 Å². The smallest absolute Gasteiger partial charge is 0.193 e. The first-order valence-corrected chi connectivity index (χ1v) is 6.67. The average molecular weight is 273 g/mol. The minimum Gasteiger partial charge on any atom is -0.490 e. The minimum atomic E-state index is -0.0382. The zero-order chi connectivity index (χ0) is 13.2. The molecular weight excluding hydrogens is 260 g/mol. The Kier molecular flexibility index (Phi) is 3.26. The number of rotatable bonds is 4. The third-order valence-electron chi connectivity index (χ3n) is 3.01. The molecule has 19 heavy (non-hydrogen) atoms. The van der Waals surface area contributed by atoms with Crippen molar-refractivity contribution in [2.24, 2.45) is 0 Å². The van der Waals surface area contributed by atoms with Gasteiger partial charge in [0.25, 0.3) is 0 Å². The van der Waals surface area contributed by atoms with E-state index in [4.69, 9.17) is 16.3 Å². The first-order valence-electron chi connectivity index (χ1n) is 6.29. The molecule has 0 radical (unpaired) electrons. The molecule has 2 aromatic carbocycles. The second-order valence-corrected chi connectivity index (χ2v) is 5.12. The maximum absolute atomic E-state index is 12.3. The normalized spacial score (nSPS) is 14.2. The zero-order valence-electron chi connectivity index (χ0n) is 10.3. The van der Waals surface area contributed by atoms with E-state index in [0.29, 0.717) is 22.3 Å². The number of carbonyl (C=O) groups is 1. The minimum absolute atomic E-state index is 0.0382. The lowest BCUT2D eigenvalue weighted by Gasteiger charge is -2.06. The summed E-state index contributed by atoms with van der Waals surface area (Å²) in [6.45, 7) is 0. The topological polar surface area (TPSA) is 26.3 Å². The van der Waals surface area contributed by atoms with Gasteiger partial charge in [-0.15, -0.1) is 0 Å². The maximum Gasteiger partial charge on any atom is 0.193 e. The van der Waals surface area contributed by atoms with E-state index in [1.165, 1.54) is 0 Å². The van der Waals surface area contributed by atoms with Gasteiger partial charge in [-0.05, 0) is 37.1 Å². The summed E-state index contributed by atoms with van der Waals surface area (Å²) in [6.07, 6.45) is 2.54. The Labute approximate surface area is 117 Å². The summed E-state index contributed by atoms with van der Waals surface area (Å²) < 4.78 is 5.70. The summed E-state index contributed by atoms with van der Waals surface area (Å²) in [4.78, 5) is 12.3. The van der Waals surface area contributed by atoms with Crippen molar-refractivity contribution in [3.8, 4) is 5.75 Å². The number of hydrogen-bond donors (Lipinski definition) is 0. The van der Waals surface area contributed by atoms with Gasteiger partial charge < -0.3 is 4.74 Å². The molecule has 0 saturated heterocycles. The molecular formula is C16H13ClO2. The highest BCUT2D eigenvalue weighted by atomic mass is 35.5. The average Bonchev–Trinajstić information content (AvgIpc) is 3.22. The van der Waals surface area contributed by atoms with Crippen LogP contribution in [-0.2, 0) is 0 Å². The van der Waals surface area contributed by atoms with Crippen LogP contribution in [-0.4, -0.2) is 11.9 Å². The molecule has 0 spiro atoms. The van der Waals surface area contributed by atoms with Crippen molar-refractivity contribution in [1.82, 2.24) is 0 Å². The lowest BCUT2D eigenvalue weighted by molar-refractivity contribution is 0.103. The van der Waals surface area contributed by atoms with Gasteiger partial charge in [0.15, 0.2) is 5.78 Å². The maximum atomic E-state index is 12.3. The molecule has 2 nitrogen and oxygen atoms in total. The van der Waals surface area contributed by atoms with E-state index >= 15 is 0 Å². The molecule has 0 atom stereocenters. The van der Waals surface area contributed by atoms with Gasteiger partial charge in [-0.2, -0.15) is 0 Å². The van der Waals surface area contributed by atoms with Crippen LogP contribution in [0.15, 0.2) is 48.5 Å². The summed E-state index contributed by atoms with van der Waals surface area (Å²) in [5.74, 6) is 0.721. The fourth-order valence-electron chi connectivity index (χ4n) is 1.89. The third-order valence-corrected chi connectivity index (χ3v) is 3.25. The number of benzene rings is 2. The molecule has 0 N–H and O–H groups in total. The molecule has 96 valence electrons. The summed E-state index contributed by atoms with van der Waals surface area (Å²) in [5.41, 5.74) is 1.22. The zero-order valence-corrected chi connectivity index (χ0v) is 11.1. The Balaban J connectivity index is 1.86. The predicted molar refractivity (Wildman–Crippen MR) is 75.0 cm³/mol. The second kappa shape index (κ2) is 5.06. The van der Waals surface area contributed by atoms with Crippen molar-refractivity contribution in [3.63, 3.8) is 0 Å². The highest BCUT2D eigenvalue weighted by Crippen LogP contribution is 2.27. The molecule has 1 saturated carbocycles. The van der Waals surface area contributed by atoms with Crippen LogP contribution < -0.4 is 4.74 Å². The van der Waals surface area contributed by atoms with Gasteiger partial charge in [0.05, 0.1) is 6.10 Å². The predicted octanol–water partition coefficient (Wildman–Crippen LogP) is 4.11. The van der Waals surface area contributed by atoms with Crippen molar-refractivity contribution < 1.29 is 9.53 Å². The molecule has 0 bridgehead atoms. The molecule has 0 aromatic heterocycles. The monoisotopic (exact) mass is 272 g/mol. The van der Waals surface area contributed by atoms with Gasteiger partial charge in [0.2, 0.25) is 0 Å². The molecule has 0 amide bonds. The molecule has 1 aliphatic carbocycles. The van der Waals surface area contributed by atoms with E-state index in [2.05, 4.69) is 0 Å². The van der Waals surface area contributed by atoms with Crippen LogP contribution in [0.2, 0.25) is 5.02 Å². The van der Waals surface area contributed by atoms with E-state index in [1.807, 2.05) is 12.1 Å². The van der Waals surface area contributed by atoms with Crippen LogP contribution in [0, 0.1) is 0 Å². The van der Waals surface area contributed by atoms with Gasteiger partial charge >= 0.3 is 0 Å². The molecule has 0 aliphatic heterocycles. The van der Waals surface area contributed by atoms with E-state index in [9.17, 15) is 4.79 Å². The second-order valence-electron chi connectivity index (χ2n) is 4.68. The Morgan fingerprint density at radius 1 is 1.05 bits per heavy atom. The van der Waals surface area contributed by atoms with E-state index in [1.54, 1.807) is 36.4 Å². The van der Waals surface area contributed by atoms with Crippen molar-refractivity contribution in [1.29, 1.82) is 0 Å². The molecule has 2 aromatic rings. The van der Waals surface area contributed by atoms with Gasteiger partial charge in [-0.1, -0.05) is 35.9 Å². The Bertz CT molecular complexity index is 618. The number of halogens is 1. The summed E-state index contributed by atoms with van der Waals surface area (Å²) in [5, 5.41) is 0.566. The largest absolute Gasteiger partial charge is 0.490 e. The SMILES string of the molecule is O=C(c1cccc(Cl)c1)c1cccc(OC2CC2)c1. The molecule has 3 heteroatoms. The third kappa shape index (κ3) is 2.96. The lowest BCUT2D eigenvalue weighted by atomic mass is 10.0. The van der Waals surface area contributed by atoms with Crippen LogP contribution in [0.25, 0.3) is 0 Å². The number of hydrogen-bond acceptors (Lipinski definition) is 2. The van der Waals surface area contributed by atoms with Crippen LogP contribution in [0.5, 0.6) is 5.75 Å². The Morgan fingerprint density at radius 2 is 1.74 bits per heavy atom. The Hall–Kier alpha value is -1.80. The van der Waals surface area contributed by atoms with Gasteiger partial charge in [-0.3, -0.25) is 4.79 Å². The van der Waals surface area contributed by atoms with Crippen molar-refractivity contribution in [2.45, 2.75) is 18.9 Å². The van der Waals surface area contributed by atoms with Crippen molar-refractivity contribution >= 4 is 17.4 Å². The summed E-state index contributed by atoms with van der Waals surface area (Å²) in [7, 11) is 0. The summed E-state index contributed by atoms with van der Waals surface area (Å²) in [6, 6.07) is 14.3. The van der Waals surface area contributed by atoms with Crippen molar-refractivity contribution in [2.75, 3.05) is 0 Å². The number of carbonyl (C=O) groups excluding carboxylic acids is 1. The first kappa shape index (κ1) is 12.2. The molecule has 3 rings (SSSR count). The fraction of sp³-hybridized carbons (Fsp3) is 0.188.